The fourth-order valence-corrected chi connectivity index (χ4v) is 4.39. The zero-order valence-corrected chi connectivity index (χ0v) is 19.3. The third-order valence-electron chi connectivity index (χ3n) is 6.03. The average Bonchev–Trinajstić information content (AvgIpc) is 3.10. The predicted octanol–water partition coefficient (Wildman–Crippen LogP) is 4.62. The first-order valence-electron chi connectivity index (χ1n) is 11.1. The van der Waals surface area contributed by atoms with E-state index in [2.05, 4.69) is 31.1 Å². The van der Waals surface area contributed by atoms with Crippen LogP contribution in [0.4, 0.5) is 0 Å². The molecule has 1 heterocycles. The Hall–Kier alpha value is -3.34. The fraction of sp³-hybridized carbons (Fsp3) is 0.333. The highest BCUT2D eigenvalue weighted by Crippen LogP contribution is 2.32. The summed E-state index contributed by atoms with van der Waals surface area (Å²) in [6.07, 6.45) is 1.55. The van der Waals surface area contributed by atoms with Gasteiger partial charge in [-0.3, -0.25) is 4.79 Å². The molecule has 5 nitrogen and oxygen atoms in total. The van der Waals surface area contributed by atoms with Crippen molar-refractivity contribution in [2.75, 3.05) is 7.11 Å². The van der Waals surface area contributed by atoms with Gasteiger partial charge in [0.1, 0.15) is 6.04 Å². The molecule has 0 aliphatic carbocycles. The number of esters is 1. The monoisotopic (exact) mass is 432 g/mol. The molecule has 0 saturated carbocycles. The maximum absolute atomic E-state index is 13.2. The number of nitrogens with one attached hydrogen (secondary N) is 2. The molecule has 32 heavy (non-hydrogen) atoms. The summed E-state index contributed by atoms with van der Waals surface area (Å²) in [6, 6.07) is 18.9. The Morgan fingerprint density at radius 2 is 1.62 bits per heavy atom. The van der Waals surface area contributed by atoms with Crippen molar-refractivity contribution in [2.24, 2.45) is 0 Å². The summed E-state index contributed by atoms with van der Waals surface area (Å²) < 4.78 is 4.95. The van der Waals surface area contributed by atoms with E-state index in [9.17, 15) is 9.59 Å². The number of methoxy groups -OCH3 is 1. The van der Waals surface area contributed by atoms with E-state index < -0.39 is 12.0 Å². The number of carbonyl (C=O) groups excluding carboxylic acids is 2. The van der Waals surface area contributed by atoms with Crippen LogP contribution >= 0.6 is 0 Å². The molecule has 2 unspecified atom stereocenters. The second-order valence-electron chi connectivity index (χ2n) is 8.12. The van der Waals surface area contributed by atoms with Crippen molar-refractivity contribution in [3.05, 3.63) is 94.3 Å². The Balaban J connectivity index is 1.85. The standard InChI is InChI=1S/C27H32N2O3/c1-5-22-18(2)26(28-19(22)3)23(21-14-10-7-11-15-21)17-25(30)29-24(27(31)32-4)16-20-12-8-6-9-13-20/h6-15,23-24,28H,5,16-17H2,1-4H3,(H,29,30). The molecule has 2 aromatic carbocycles. The van der Waals surface area contributed by atoms with Crippen LogP contribution in [0, 0.1) is 13.8 Å². The van der Waals surface area contributed by atoms with Crippen molar-refractivity contribution < 1.29 is 14.3 Å². The van der Waals surface area contributed by atoms with Gasteiger partial charge in [-0.25, -0.2) is 4.79 Å². The third-order valence-corrected chi connectivity index (χ3v) is 6.03. The number of rotatable bonds is 9. The molecule has 0 radical (unpaired) electrons. The molecule has 168 valence electrons. The van der Waals surface area contributed by atoms with Crippen LogP contribution in [0.2, 0.25) is 0 Å². The molecule has 0 saturated heterocycles. The predicted molar refractivity (Wildman–Crippen MR) is 127 cm³/mol. The molecule has 0 aliphatic rings. The van der Waals surface area contributed by atoms with Crippen LogP contribution in [0.25, 0.3) is 0 Å². The van der Waals surface area contributed by atoms with Crippen molar-refractivity contribution in [3.63, 3.8) is 0 Å². The van der Waals surface area contributed by atoms with E-state index in [4.69, 9.17) is 4.74 Å². The summed E-state index contributed by atoms with van der Waals surface area (Å²) in [4.78, 5) is 29.1. The lowest BCUT2D eigenvalue weighted by Gasteiger charge is -2.21. The third kappa shape index (κ3) is 5.47. The van der Waals surface area contributed by atoms with Crippen molar-refractivity contribution >= 4 is 11.9 Å². The molecule has 5 heteroatoms. The molecule has 1 amide bonds. The summed E-state index contributed by atoms with van der Waals surface area (Å²) in [6.45, 7) is 6.32. The molecular formula is C27H32N2O3. The van der Waals surface area contributed by atoms with Gasteiger partial charge in [-0.05, 0) is 42.5 Å². The zero-order chi connectivity index (χ0) is 23.1. The first-order chi connectivity index (χ1) is 15.4. The van der Waals surface area contributed by atoms with Gasteiger partial charge in [-0.1, -0.05) is 67.6 Å². The van der Waals surface area contributed by atoms with E-state index in [-0.39, 0.29) is 18.2 Å². The number of hydrogen-bond acceptors (Lipinski definition) is 3. The Bertz CT molecular complexity index is 1040. The SMILES string of the molecule is CCc1c(C)[nH]c(C(CC(=O)NC(Cc2ccccc2)C(=O)OC)c2ccccc2)c1C. The average molecular weight is 433 g/mol. The molecule has 0 spiro atoms. The number of aryl methyl sites for hydroxylation is 1. The fourth-order valence-electron chi connectivity index (χ4n) is 4.39. The zero-order valence-electron chi connectivity index (χ0n) is 19.3. The highest BCUT2D eigenvalue weighted by molar-refractivity contribution is 5.85. The quantitative estimate of drug-likeness (QED) is 0.485. The Labute approximate surface area is 190 Å². The Morgan fingerprint density at radius 1 is 1.00 bits per heavy atom. The van der Waals surface area contributed by atoms with Crippen LogP contribution in [0.5, 0.6) is 0 Å². The highest BCUT2D eigenvalue weighted by Gasteiger charge is 2.27. The molecule has 0 aliphatic heterocycles. The van der Waals surface area contributed by atoms with Crippen LogP contribution < -0.4 is 5.32 Å². The van der Waals surface area contributed by atoms with E-state index in [1.165, 1.54) is 18.2 Å². The molecule has 0 bridgehead atoms. The first-order valence-corrected chi connectivity index (χ1v) is 11.1. The maximum Gasteiger partial charge on any atom is 0.328 e. The topological polar surface area (TPSA) is 71.2 Å². The minimum absolute atomic E-state index is 0.134. The summed E-state index contributed by atoms with van der Waals surface area (Å²) in [5, 5.41) is 2.91. The normalized spacial score (nSPS) is 12.8. The molecule has 2 N–H and O–H groups in total. The van der Waals surface area contributed by atoms with E-state index in [1.54, 1.807) is 0 Å². The summed E-state index contributed by atoms with van der Waals surface area (Å²) in [5.74, 6) is -0.765. The van der Waals surface area contributed by atoms with E-state index in [0.717, 1.165) is 28.9 Å². The number of amides is 1. The van der Waals surface area contributed by atoms with Gasteiger partial charge >= 0.3 is 5.97 Å². The van der Waals surface area contributed by atoms with Crippen molar-refractivity contribution in [3.8, 4) is 0 Å². The van der Waals surface area contributed by atoms with Crippen LogP contribution in [0.1, 0.15) is 52.9 Å². The number of ether oxygens (including phenoxy) is 1. The summed E-state index contributed by atoms with van der Waals surface area (Å²) >= 11 is 0. The number of H-pyrrole nitrogens is 1. The van der Waals surface area contributed by atoms with Gasteiger partial charge < -0.3 is 15.0 Å². The highest BCUT2D eigenvalue weighted by atomic mass is 16.5. The van der Waals surface area contributed by atoms with Gasteiger partial charge in [0.25, 0.3) is 0 Å². The van der Waals surface area contributed by atoms with Crippen molar-refractivity contribution in [2.45, 2.75) is 52.0 Å². The number of benzene rings is 2. The maximum atomic E-state index is 13.2. The minimum atomic E-state index is -0.732. The molecule has 0 fully saturated rings. The first kappa shape index (κ1) is 23.3. The second-order valence-corrected chi connectivity index (χ2v) is 8.12. The van der Waals surface area contributed by atoms with Crippen LogP contribution in [0.3, 0.4) is 0 Å². The van der Waals surface area contributed by atoms with Crippen molar-refractivity contribution in [1.82, 2.24) is 10.3 Å². The number of aromatic nitrogens is 1. The molecule has 3 rings (SSSR count). The Kier molecular flexibility index (Phi) is 7.87. The number of hydrogen-bond donors (Lipinski definition) is 2. The largest absolute Gasteiger partial charge is 0.467 e. The van der Waals surface area contributed by atoms with E-state index in [1.807, 2.05) is 60.7 Å². The molecule has 3 aromatic rings. The van der Waals surface area contributed by atoms with Crippen LogP contribution in [-0.4, -0.2) is 30.0 Å². The lowest BCUT2D eigenvalue weighted by molar-refractivity contribution is -0.145. The molecule has 2 atom stereocenters. The summed E-state index contributed by atoms with van der Waals surface area (Å²) in [5.41, 5.74) is 6.70. The molecule has 1 aromatic heterocycles. The smallest absolute Gasteiger partial charge is 0.328 e. The van der Waals surface area contributed by atoms with Gasteiger partial charge in [0.15, 0.2) is 0 Å². The Morgan fingerprint density at radius 3 is 2.19 bits per heavy atom. The lowest BCUT2D eigenvalue weighted by Crippen LogP contribution is -2.43. The van der Waals surface area contributed by atoms with Gasteiger partial charge in [0.05, 0.1) is 7.11 Å². The van der Waals surface area contributed by atoms with Crippen molar-refractivity contribution in [1.29, 1.82) is 0 Å². The second kappa shape index (κ2) is 10.8. The van der Waals surface area contributed by atoms with E-state index in [0.29, 0.717) is 6.42 Å². The molecular weight excluding hydrogens is 400 g/mol. The van der Waals surface area contributed by atoms with Gasteiger partial charge in [-0.15, -0.1) is 0 Å². The number of carbonyl (C=O) groups is 2. The van der Waals surface area contributed by atoms with Gasteiger partial charge in [0, 0.05) is 30.1 Å². The van der Waals surface area contributed by atoms with Gasteiger partial charge in [-0.2, -0.15) is 0 Å². The van der Waals surface area contributed by atoms with E-state index >= 15 is 0 Å². The minimum Gasteiger partial charge on any atom is -0.467 e. The van der Waals surface area contributed by atoms with Gasteiger partial charge in [0.2, 0.25) is 5.91 Å². The van der Waals surface area contributed by atoms with Crippen LogP contribution in [0.15, 0.2) is 60.7 Å². The summed E-state index contributed by atoms with van der Waals surface area (Å²) in [7, 11) is 1.34. The van der Waals surface area contributed by atoms with Crippen LogP contribution in [-0.2, 0) is 27.2 Å². The number of aromatic amines is 1. The lowest BCUT2D eigenvalue weighted by atomic mass is 9.89.